The number of carbonyl (C=O) groups excluding carboxylic acids is 2. The van der Waals surface area contributed by atoms with Gasteiger partial charge in [0.25, 0.3) is 0 Å². The number of amides is 1. The molecule has 0 saturated heterocycles. The highest BCUT2D eigenvalue weighted by Crippen LogP contribution is 2.02. The summed E-state index contributed by atoms with van der Waals surface area (Å²) in [6.07, 6.45) is 0. The minimum Gasteiger partial charge on any atom is -0.395 e. The summed E-state index contributed by atoms with van der Waals surface area (Å²) in [4.78, 5) is 24.7. The van der Waals surface area contributed by atoms with Crippen LogP contribution in [0.3, 0.4) is 0 Å². The van der Waals surface area contributed by atoms with Crippen molar-refractivity contribution in [3.8, 4) is 0 Å². The zero-order chi connectivity index (χ0) is 14.1. The van der Waals surface area contributed by atoms with Gasteiger partial charge >= 0.3 is 0 Å². The average Bonchev–Trinajstić information content (AvgIpc) is 2.25. The van der Waals surface area contributed by atoms with Gasteiger partial charge in [-0.1, -0.05) is 13.8 Å². The summed E-state index contributed by atoms with van der Waals surface area (Å²) >= 11 is 0. The van der Waals surface area contributed by atoms with Gasteiger partial charge in [0.05, 0.1) is 25.8 Å². The van der Waals surface area contributed by atoms with Crippen LogP contribution in [0.4, 0.5) is 0 Å². The number of rotatable bonds is 9. The van der Waals surface area contributed by atoms with E-state index >= 15 is 0 Å². The molecule has 0 bridgehead atoms. The molecule has 6 heteroatoms. The number of aliphatic hydroxyl groups is 2. The molecule has 0 aliphatic rings. The fourth-order valence-corrected chi connectivity index (χ4v) is 1.71. The molecule has 1 atom stereocenters. The lowest BCUT2D eigenvalue weighted by Crippen LogP contribution is -2.48. The minimum absolute atomic E-state index is 0.0376. The Labute approximate surface area is 108 Å². The van der Waals surface area contributed by atoms with E-state index in [2.05, 4.69) is 5.32 Å². The molecule has 0 rings (SSSR count). The van der Waals surface area contributed by atoms with Crippen LogP contribution >= 0.6 is 0 Å². The average molecular weight is 260 g/mol. The summed E-state index contributed by atoms with van der Waals surface area (Å²) in [5, 5.41) is 20.3. The van der Waals surface area contributed by atoms with E-state index in [4.69, 9.17) is 10.2 Å². The number of aliphatic hydroxyl groups excluding tert-OH is 2. The van der Waals surface area contributed by atoms with Crippen LogP contribution in [0.25, 0.3) is 0 Å². The van der Waals surface area contributed by atoms with Crippen molar-refractivity contribution in [3.63, 3.8) is 0 Å². The maximum atomic E-state index is 11.8. The molecule has 1 unspecified atom stereocenters. The van der Waals surface area contributed by atoms with Crippen molar-refractivity contribution in [2.45, 2.75) is 26.8 Å². The Bertz CT molecular complexity index is 263. The highest BCUT2D eigenvalue weighted by Gasteiger charge is 2.21. The molecular weight excluding hydrogens is 236 g/mol. The van der Waals surface area contributed by atoms with Gasteiger partial charge in [0, 0.05) is 13.1 Å². The number of ketones is 1. The van der Waals surface area contributed by atoms with Crippen molar-refractivity contribution in [2.24, 2.45) is 5.92 Å². The Kier molecular flexibility index (Phi) is 8.53. The molecule has 0 aromatic carbocycles. The third kappa shape index (κ3) is 6.68. The normalized spacial score (nSPS) is 12.8. The van der Waals surface area contributed by atoms with E-state index < -0.39 is 6.04 Å². The largest absolute Gasteiger partial charge is 0.395 e. The van der Waals surface area contributed by atoms with Crippen LogP contribution in [0.1, 0.15) is 20.8 Å². The fourth-order valence-electron chi connectivity index (χ4n) is 1.71. The lowest BCUT2D eigenvalue weighted by Gasteiger charge is -2.23. The van der Waals surface area contributed by atoms with Crippen LogP contribution in [0, 0.1) is 5.92 Å². The summed E-state index contributed by atoms with van der Waals surface area (Å²) in [5.41, 5.74) is 0. The first kappa shape index (κ1) is 17.0. The van der Waals surface area contributed by atoms with Crippen molar-refractivity contribution in [2.75, 3.05) is 32.8 Å². The lowest BCUT2D eigenvalue weighted by atomic mass is 10.0. The summed E-state index contributed by atoms with van der Waals surface area (Å²) in [7, 11) is 0. The Hall–Kier alpha value is -0.980. The highest BCUT2D eigenvalue weighted by molar-refractivity contribution is 5.88. The fraction of sp³-hybridized carbons (Fsp3) is 0.833. The number of nitrogens with zero attached hydrogens (tertiary/aromatic N) is 1. The SMILES string of the molecule is CC(=O)C(NC(=O)CN(CCO)CCO)C(C)C. The van der Waals surface area contributed by atoms with Crippen LogP contribution in [0.5, 0.6) is 0 Å². The van der Waals surface area contributed by atoms with Gasteiger partial charge in [-0.05, 0) is 12.8 Å². The quantitative estimate of drug-likeness (QED) is 0.495. The molecule has 0 heterocycles. The van der Waals surface area contributed by atoms with Gasteiger partial charge in [0.2, 0.25) is 5.91 Å². The molecule has 0 fully saturated rings. The Morgan fingerprint density at radius 2 is 1.67 bits per heavy atom. The van der Waals surface area contributed by atoms with Gasteiger partial charge in [-0.25, -0.2) is 0 Å². The van der Waals surface area contributed by atoms with Crippen molar-refractivity contribution < 1.29 is 19.8 Å². The van der Waals surface area contributed by atoms with Gasteiger partial charge in [-0.3, -0.25) is 14.5 Å². The minimum atomic E-state index is -0.484. The maximum absolute atomic E-state index is 11.8. The van der Waals surface area contributed by atoms with E-state index in [0.29, 0.717) is 13.1 Å². The van der Waals surface area contributed by atoms with Crippen LogP contribution in [-0.4, -0.2) is 65.7 Å². The number of hydrogen-bond acceptors (Lipinski definition) is 5. The topological polar surface area (TPSA) is 89.9 Å². The number of hydrogen-bond donors (Lipinski definition) is 3. The second-order valence-corrected chi connectivity index (χ2v) is 4.62. The van der Waals surface area contributed by atoms with E-state index in [9.17, 15) is 9.59 Å². The molecule has 0 aliphatic carbocycles. The molecule has 0 aromatic rings. The van der Waals surface area contributed by atoms with Gasteiger partial charge in [-0.2, -0.15) is 0 Å². The zero-order valence-electron chi connectivity index (χ0n) is 11.3. The molecule has 0 aliphatic heterocycles. The van der Waals surface area contributed by atoms with Gasteiger partial charge in [0.15, 0.2) is 5.78 Å². The monoisotopic (exact) mass is 260 g/mol. The second-order valence-electron chi connectivity index (χ2n) is 4.62. The number of Topliss-reactive ketones (excluding diaryl/α,β-unsaturated/α-hetero) is 1. The first-order chi connectivity index (χ1) is 8.42. The standard InChI is InChI=1S/C12H24N2O4/c1-9(2)12(10(3)17)13-11(18)8-14(4-6-15)5-7-16/h9,12,15-16H,4-8H2,1-3H3,(H,13,18). The van der Waals surface area contributed by atoms with E-state index in [0.717, 1.165) is 0 Å². The number of carbonyl (C=O) groups is 2. The molecule has 106 valence electrons. The highest BCUT2D eigenvalue weighted by atomic mass is 16.3. The van der Waals surface area contributed by atoms with Crippen molar-refractivity contribution >= 4 is 11.7 Å². The maximum Gasteiger partial charge on any atom is 0.234 e. The molecule has 3 N–H and O–H groups in total. The van der Waals surface area contributed by atoms with E-state index in [1.165, 1.54) is 6.92 Å². The molecule has 0 radical (unpaired) electrons. The number of nitrogens with one attached hydrogen (secondary N) is 1. The summed E-state index contributed by atoms with van der Waals surface area (Å²) < 4.78 is 0. The van der Waals surface area contributed by atoms with E-state index in [1.807, 2.05) is 13.8 Å². The smallest absolute Gasteiger partial charge is 0.234 e. The summed E-state index contributed by atoms with van der Waals surface area (Å²) in [6.45, 7) is 5.74. The van der Waals surface area contributed by atoms with Gasteiger partial charge in [-0.15, -0.1) is 0 Å². The third-order valence-corrected chi connectivity index (χ3v) is 2.62. The summed E-state index contributed by atoms with van der Waals surface area (Å²) in [6, 6.07) is -0.484. The predicted octanol–water partition coefficient (Wildman–Crippen LogP) is -0.997. The van der Waals surface area contributed by atoms with Crippen LogP contribution in [-0.2, 0) is 9.59 Å². The van der Waals surface area contributed by atoms with Gasteiger partial charge in [0.1, 0.15) is 0 Å². The van der Waals surface area contributed by atoms with Crippen molar-refractivity contribution in [1.82, 2.24) is 10.2 Å². The van der Waals surface area contributed by atoms with Crippen molar-refractivity contribution in [3.05, 3.63) is 0 Å². The molecule has 0 aromatic heterocycles. The molecule has 0 saturated carbocycles. The molecular formula is C12H24N2O4. The zero-order valence-corrected chi connectivity index (χ0v) is 11.3. The lowest BCUT2D eigenvalue weighted by molar-refractivity contribution is -0.128. The first-order valence-corrected chi connectivity index (χ1v) is 6.16. The summed E-state index contributed by atoms with van der Waals surface area (Å²) in [5.74, 6) is -0.310. The predicted molar refractivity (Wildman–Crippen MR) is 68.1 cm³/mol. The van der Waals surface area contributed by atoms with Crippen LogP contribution in [0.15, 0.2) is 0 Å². The van der Waals surface area contributed by atoms with Crippen molar-refractivity contribution in [1.29, 1.82) is 0 Å². The second kappa shape index (κ2) is 9.02. The molecule has 18 heavy (non-hydrogen) atoms. The molecule has 6 nitrogen and oxygen atoms in total. The molecule has 1 amide bonds. The molecule has 0 spiro atoms. The first-order valence-electron chi connectivity index (χ1n) is 6.16. The van der Waals surface area contributed by atoms with Crippen LogP contribution < -0.4 is 5.32 Å². The van der Waals surface area contributed by atoms with E-state index in [1.54, 1.807) is 4.90 Å². The van der Waals surface area contributed by atoms with Gasteiger partial charge < -0.3 is 15.5 Å². The Morgan fingerprint density at radius 3 is 2.00 bits per heavy atom. The van der Waals surface area contributed by atoms with Crippen LogP contribution in [0.2, 0.25) is 0 Å². The Balaban J connectivity index is 4.32. The van der Waals surface area contributed by atoms with E-state index in [-0.39, 0.29) is 37.4 Å². The Morgan fingerprint density at radius 1 is 1.17 bits per heavy atom. The third-order valence-electron chi connectivity index (χ3n) is 2.62.